The number of piperidine rings is 2. The summed E-state index contributed by atoms with van der Waals surface area (Å²) in [6.07, 6.45) is 8.62. The summed E-state index contributed by atoms with van der Waals surface area (Å²) in [5.74, 6) is -0.300. The first kappa shape index (κ1) is 40.9. The summed E-state index contributed by atoms with van der Waals surface area (Å²) in [5, 5.41) is 12.8. The van der Waals surface area contributed by atoms with Crippen LogP contribution in [0.15, 0.2) is 53.5 Å². The van der Waals surface area contributed by atoms with E-state index in [1.807, 2.05) is 42.2 Å². The predicted molar refractivity (Wildman–Crippen MR) is 218 cm³/mol. The number of nitrogens with one attached hydrogen (secondary N) is 2. The van der Waals surface area contributed by atoms with Crippen molar-refractivity contribution in [3.05, 3.63) is 76.9 Å². The summed E-state index contributed by atoms with van der Waals surface area (Å²) in [6, 6.07) is 15.3. The third-order valence-corrected chi connectivity index (χ3v) is 12.6. The number of carbonyl (C=O) groups is 2. The number of rotatable bonds is 14. The van der Waals surface area contributed by atoms with Gasteiger partial charge in [0.25, 0.3) is 0 Å². The molecule has 3 aromatic rings. The normalized spacial score (nSPS) is 18.7. The summed E-state index contributed by atoms with van der Waals surface area (Å²) >= 11 is 1.30. The van der Waals surface area contributed by atoms with Gasteiger partial charge >= 0.3 is 0 Å². The Balaban J connectivity index is 0.986. The van der Waals surface area contributed by atoms with Crippen LogP contribution < -0.4 is 14.8 Å². The maximum Gasteiger partial charge on any atom is 0.236 e. The number of halogens is 2. The van der Waals surface area contributed by atoms with Crippen molar-refractivity contribution in [1.29, 1.82) is 5.26 Å². The number of aliphatic imine (C=N–C) groups is 1. The van der Waals surface area contributed by atoms with Gasteiger partial charge in [0.2, 0.25) is 12.3 Å². The van der Waals surface area contributed by atoms with Crippen molar-refractivity contribution in [2.24, 2.45) is 10.4 Å². The molecular weight excluding hydrogens is 735 g/mol. The van der Waals surface area contributed by atoms with Crippen LogP contribution in [0.3, 0.4) is 0 Å². The first-order chi connectivity index (χ1) is 27.0. The Bertz CT molecular complexity index is 1940. The number of hydrogen-bond donors (Lipinski definition) is 2. The average molecular weight is 787 g/mol. The molecule has 56 heavy (non-hydrogen) atoms. The molecule has 1 atom stereocenters. The number of hydrogen-bond acceptors (Lipinski definition) is 10. The Morgan fingerprint density at radius 1 is 1.07 bits per heavy atom. The van der Waals surface area contributed by atoms with E-state index in [9.17, 15) is 23.6 Å². The van der Waals surface area contributed by atoms with E-state index in [1.54, 1.807) is 42.6 Å². The van der Waals surface area contributed by atoms with Crippen molar-refractivity contribution in [2.75, 3.05) is 63.4 Å². The molecule has 3 aliphatic rings. The fraction of sp³-hybridized carbons (Fsp3) is 0.476. The Kier molecular flexibility index (Phi) is 13.5. The Morgan fingerprint density at radius 2 is 1.84 bits per heavy atom. The summed E-state index contributed by atoms with van der Waals surface area (Å²) in [4.78, 5) is 36.1. The van der Waals surface area contributed by atoms with Crippen molar-refractivity contribution >= 4 is 47.9 Å². The zero-order valence-electron chi connectivity index (χ0n) is 32.7. The molecule has 14 heteroatoms. The number of benzene rings is 3. The number of nitrogens with zero attached hydrogens (tertiary/aromatic N) is 6. The van der Waals surface area contributed by atoms with E-state index in [0.717, 1.165) is 87.8 Å². The number of aryl methyl sites for hydroxylation is 1. The number of nitriles is 1. The Morgan fingerprint density at radius 3 is 2.50 bits per heavy atom. The lowest BCUT2D eigenvalue weighted by molar-refractivity contribution is -0.135. The van der Waals surface area contributed by atoms with Gasteiger partial charge in [-0.1, -0.05) is 13.0 Å². The number of ether oxygens (including phenoxy) is 1. The van der Waals surface area contributed by atoms with Crippen molar-refractivity contribution in [3.8, 4) is 17.6 Å². The van der Waals surface area contributed by atoms with E-state index >= 15 is 0 Å². The van der Waals surface area contributed by atoms with Crippen molar-refractivity contribution in [3.63, 3.8) is 0 Å². The number of carbonyl (C=O) groups excluding carboxylic acids is 2. The predicted octanol–water partition coefficient (Wildman–Crippen LogP) is 8.06. The van der Waals surface area contributed by atoms with Crippen molar-refractivity contribution in [1.82, 2.24) is 19.0 Å². The quantitative estimate of drug-likeness (QED) is 0.0725. The highest BCUT2D eigenvalue weighted by Gasteiger charge is 2.43. The van der Waals surface area contributed by atoms with Gasteiger partial charge in [0.05, 0.1) is 24.3 Å². The van der Waals surface area contributed by atoms with Crippen LogP contribution in [0.5, 0.6) is 11.5 Å². The minimum atomic E-state index is -0.646. The molecule has 6 rings (SSSR count). The molecule has 2 heterocycles. The van der Waals surface area contributed by atoms with Gasteiger partial charge in [0.1, 0.15) is 23.2 Å². The molecule has 2 saturated heterocycles. The van der Waals surface area contributed by atoms with Gasteiger partial charge in [0, 0.05) is 50.5 Å². The summed E-state index contributed by atoms with van der Waals surface area (Å²) in [7, 11) is 3.68. The van der Waals surface area contributed by atoms with Crippen LogP contribution in [0, 0.1) is 35.3 Å². The number of amides is 2. The molecular formula is C42H52F2N8O3S. The van der Waals surface area contributed by atoms with Crippen LogP contribution >= 0.6 is 12.1 Å². The van der Waals surface area contributed by atoms with Crippen LogP contribution in [0.25, 0.3) is 0 Å². The van der Waals surface area contributed by atoms with Gasteiger partial charge in [-0.05, 0) is 137 Å². The molecule has 1 aliphatic carbocycles. The van der Waals surface area contributed by atoms with Crippen LogP contribution in [0.1, 0.15) is 74.5 Å². The van der Waals surface area contributed by atoms with Crippen LogP contribution in [-0.2, 0) is 9.59 Å². The maximum atomic E-state index is 14.9. The summed E-state index contributed by atoms with van der Waals surface area (Å²) < 4.78 is 40.5. The molecule has 1 spiro atoms. The van der Waals surface area contributed by atoms with Gasteiger partial charge in [0.15, 0.2) is 11.6 Å². The highest BCUT2D eigenvalue weighted by atomic mass is 32.2. The molecule has 0 radical (unpaired) electrons. The fourth-order valence-corrected chi connectivity index (χ4v) is 8.71. The lowest BCUT2D eigenvalue weighted by atomic mass is 9.76. The second-order valence-electron chi connectivity index (χ2n) is 15.2. The molecule has 11 nitrogen and oxygen atoms in total. The molecule has 0 bridgehead atoms. The molecule has 0 aromatic heterocycles. The molecule has 2 N–H and O–H groups in total. The van der Waals surface area contributed by atoms with Crippen molar-refractivity contribution in [2.45, 2.75) is 70.8 Å². The molecule has 298 valence electrons. The van der Waals surface area contributed by atoms with Gasteiger partial charge in [-0.15, -0.1) is 0 Å². The van der Waals surface area contributed by atoms with Gasteiger partial charge in [-0.2, -0.15) is 5.26 Å². The maximum absolute atomic E-state index is 14.9. The Labute approximate surface area is 333 Å². The van der Waals surface area contributed by atoms with E-state index in [0.29, 0.717) is 36.8 Å². The molecule has 2 amide bonds. The number of anilines is 2. The van der Waals surface area contributed by atoms with Gasteiger partial charge in [-0.25, -0.2) is 18.1 Å². The highest BCUT2D eigenvalue weighted by molar-refractivity contribution is 7.98. The molecule has 1 unspecified atom stereocenters. The molecule has 1 saturated carbocycles. The highest BCUT2D eigenvalue weighted by Crippen LogP contribution is 2.47. The molecule has 2 aliphatic heterocycles. The largest absolute Gasteiger partial charge is 0.453 e. The average Bonchev–Trinajstić information content (AvgIpc) is 3.61. The number of likely N-dealkylation sites (tertiary alicyclic amines) is 2. The third-order valence-electron chi connectivity index (χ3n) is 11.8. The lowest BCUT2D eigenvalue weighted by Crippen LogP contribution is -2.48. The SMILES string of the molecule is CCN(C)SNc1ccc(F)c(Oc2ccc(N=CN(C=O)C3CCC4(CCN(C(=O)CN5CCC(c6ccc(NC)cc6F)CC5)CC4)C3)c(C)c2)c1C#N. The van der Waals surface area contributed by atoms with Crippen LogP contribution in [-0.4, -0.2) is 97.1 Å². The monoisotopic (exact) mass is 786 g/mol. The van der Waals surface area contributed by atoms with E-state index in [2.05, 4.69) is 26.0 Å². The zero-order valence-corrected chi connectivity index (χ0v) is 33.5. The first-order valence-electron chi connectivity index (χ1n) is 19.4. The molecule has 3 aromatic carbocycles. The zero-order chi connectivity index (χ0) is 39.8. The van der Waals surface area contributed by atoms with Crippen LogP contribution in [0.2, 0.25) is 0 Å². The van der Waals surface area contributed by atoms with E-state index in [-0.39, 0.29) is 40.4 Å². The van der Waals surface area contributed by atoms with Gasteiger partial charge in [-0.3, -0.25) is 14.5 Å². The van der Waals surface area contributed by atoms with E-state index in [4.69, 9.17) is 4.74 Å². The topological polar surface area (TPSA) is 117 Å². The minimum absolute atomic E-state index is 0.0190. The first-order valence-corrected chi connectivity index (χ1v) is 20.2. The Hall–Kier alpha value is -4.71. The van der Waals surface area contributed by atoms with E-state index < -0.39 is 5.82 Å². The van der Waals surface area contributed by atoms with Crippen molar-refractivity contribution < 1.29 is 23.1 Å². The second kappa shape index (κ2) is 18.5. The third kappa shape index (κ3) is 9.62. The standard InChI is InChI=1S/C42H52F2N8O3S/c1-5-49(4)56-48-39-11-9-36(43)41(35(39)25-45)55-33-7-10-38(29(2)22-33)47-27-52(28-53)32-12-15-42(24-32)16-20-51(21-17-42)40(54)26-50-18-13-30(14-19-50)34-8-6-31(46-3)23-37(34)44/h6-11,22-23,27-28,30,32,46,48H,5,12-21,24,26H2,1-4H3. The smallest absolute Gasteiger partial charge is 0.236 e. The fourth-order valence-electron chi connectivity index (χ4n) is 8.16. The summed E-state index contributed by atoms with van der Waals surface area (Å²) in [5.41, 5.74) is 3.52. The second-order valence-corrected chi connectivity index (χ2v) is 16.2. The van der Waals surface area contributed by atoms with Crippen LogP contribution in [0.4, 0.5) is 25.8 Å². The summed E-state index contributed by atoms with van der Waals surface area (Å²) in [6.45, 7) is 7.99. The van der Waals surface area contributed by atoms with Gasteiger partial charge < -0.3 is 24.6 Å². The van der Waals surface area contributed by atoms with E-state index in [1.165, 1.54) is 24.3 Å². The minimum Gasteiger partial charge on any atom is -0.453 e. The lowest BCUT2D eigenvalue weighted by Gasteiger charge is -2.41. The molecule has 3 fully saturated rings.